The van der Waals surface area contributed by atoms with E-state index in [-0.39, 0.29) is 11.1 Å². The summed E-state index contributed by atoms with van der Waals surface area (Å²) in [6, 6.07) is 5.48. The molecule has 24 heavy (non-hydrogen) atoms. The Kier molecular flexibility index (Phi) is 9.77. The van der Waals surface area contributed by atoms with E-state index >= 15 is 0 Å². The Morgan fingerprint density at radius 2 is 1.58 bits per heavy atom. The zero-order valence-corrected chi connectivity index (χ0v) is 14.4. The molecule has 0 saturated heterocycles. The first-order valence-corrected chi connectivity index (χ1v) is 8.69. The van der Waals surface area contributed by atoms with Crippen LogP contribution in [0.1, 0.15) is 72.6 Å². The highest BCUT2D eigenvalue weighted by Crippen LogP contribution is 2.23. The first-order valence-electron chi connectivity index (χ1n) is 8.69. The minimum atomic E-state index is -1.23. The summed E-state index contributed by atoms with van der Waals surface area (Å²) < 4.78 is 5.61. The number of carboxylic acid groups (broad SMARTS) is 2. The van der Waals surface area contributed by atoms with Gasteiger partial charge in [-0.05, 0) is 37.3 Å². The summed E-state index contributed by atoms with van der Waals surface area (Å²) in [4.78, 5) is 20.9. The number of hydrogen-bond acceptors (Lipinski definition) is 3. The zero-order valence-electron chi connectivity index (χ0n) is 14.4. The van der Waals surface area contributed by atoms with Crippen molar-refractivity contribution in [3.05, 3.63) is 35.4 Å². The quantitative estimate of drug-likeness (QED) is 0.718. The molecular formula is C19H28O5. The maximum atomic E-state index is 10.5. The van der Waals surface area contributed by atoms with Crippen LogP contribution in [0.25, 0.3) is 0 Å². The van der Waals surface area contributed by atoms with E-state index in [9.17, 15) is 9.59 Å². The van der Waals surface area contributed by atoms with Gasteiger partial charge in [0, 0.05) is 13.2 Å². The van der Waals surface area contributed by atoms with Crippen molar-refractivity contribution in [3.8, 4) is 0 Å². The second-order valence-corrected chi connectivity index (χ2v) is 6.09. The van der Waals surface area contributed by atoms with Crippen molar-refractivity contribution in [1.29, 1.82) is 0 Å². The van der Waals surface area contributed by atoms with Crippen LogP contribution < -0.4 is 0 Å². The highest BCUT2D eigenvalue weighted by Gasteiger charge is 2.14. The Morgan fingerprint density at radius 1 is 1.04 bits per heavy atom. The largest absolute Gasteiger partial charge is 0.478 e. The summed E-state index contributed by atoms with van der Waals surface area (Å²) >= 11 is 0. The molecule has 134 valence electrons. The molecule has 0 aliphatic heterocycles. The minimum Gasteiger partial charge on any atom is -0.478 e. The lowest BCUT2D eigenvalue weighted by molar-refractivity contribution is 0.0651. The smallest absolute Gasteiger partial charge is 0.336 e. The van der Waals surface area contributed by atoms with E-state index in [0.717, 1.165) is 19.1 Å². The first kappa shape index (κ1) is 20.2. The van der Waals surface area contributed by atoms with Gasteiger partial charge in [-0.3, -0.25) is 0 Å². The molecule has 0 atom stereocenters. The van der Waals surface area contributed by atoms with E-state index in [1.807, 2.05) is 0 Å². The molecule has 2 rings (SSSR count). The highest BCUT2D eigenvalue weighted by atomic mass is 16.5. The lowest BCUT2D eigenvalue weighted by atomic mass is 9.90. The van der Waals surface area contributed by atoms with Gasteiger partial charge < -0.3 is 14.9 Å². The van der Waals surface area contributed by atoms with E-state index in [2.05, 4.69) is 6.92 Å². The molecular weight excluding hydrogens is 308 g/mol. The van der Waals surface area contributed by atoms with Crippen LogP contribution >= 0.6 is 0 Å². The first-order chi connectivity index (χ1) is 11.6. The van der Waals surface area contributed by atoms with Gasteiger partial charge in [-0.2, -0.15) is 0 Å². The monoisotopic (exact) mass is 336 g/mol. The van der Waals surface area contributed by atoms with Gasteiger partial charge in [-0.15, -0.1) is 0 Å². The molecule has 0 aromatic heterocycles. The molecule has 1 aromatic rings. The van der Waals surface area contributed by atoms with Gasteiger partial charge in [0.25, 0.3) is 0 Å². The summed E-state index contributed by atoms with van der Waals surface area (Å²) in [5, 5.41) is 17.1. The van der Waals surface area contributed by atoms with Gasteiger partial charge in [0.1, 0.15) is 0 Å². The van der Waals surface area contributed by atoms with Crippen LogP contribution in [0.2, 0.25) is 0 Å². The third kappa shape index (κ3) is 7.59. The molecule has 1 aliphatic rings. The molecule has 1 aromatic carbocycles. The Bertz CT molecular complexity index is 473. The number of benzene rings is 1. The fraction of sp³-hybridized carbons (Fsp3) is 0.579. The second-order valence-electron chi connectivity index (χ2n) is 6.09. The number of carbonyl (C=O) groups is 2. The summed E-state index contributed by atoms with van der Waals surface area (Å²) in [5.41, 5.74) is -0.380. The zero-order chi connectivity index (χ0) is 17.8. The van der Waals surface area contributed by atoms with Crippen molar-refractivity contribution >= 4 is 11.9 Å². The van der Waals surface area contributed by atoms with E-state index < -0.39 is 11.9 Å². The summed E-state index contributed by atoms with van der Waals surface area (Å²) in [6.07, 6.45) is 9.62. The van der Waals surface area contributed by atoms with Crippen LogP contribution in [0.4, 0.5) is 0 Å². The topological polar surface area (TPSA) is 83.8 Å². The maximum Gasteiger partial charge on any atom is 0.336 e. The molecule has 2 N–H and O–H groups in total. The van der Waals surface area contributed by atoms with Crippen LogP contribution in [-0.4, -0.2) is 35.4 Å². The van der Waals surface area contributed by atoms with Gasteiger partial charge in [0.05, 0.1) is 11.1 Å². The fourth-order valence-corrected chi connectivity index (χ4v) is 2.71. The number of carboxylic acids is 2. The van der Waals surface area contributed by atoms with E-state index in [1.165, 1.54) is 69.2 Å². The Hall–Kier alpha value is -1.88. The van der Waals surface area contributed by atoms with Gasteiger partial charge in [-0.1, -0.05) is 44.7 Å². The van der Waals surface area contributed by atoms with Crippen molar-refractivity contribution in [2.75, 3.05) is 13.2 Å². The molecule has 0 amide bonds. The number of rotatable bonds is 7. The van der Waals surface area contributed by atoms with Crippen LogP contribution in [0.5, 0.6) is 0 Å². The predicted molar refractivity (Wildman–Crippen MR) is 92.7 cm³/mol. The van der Waals surface area contributed by atoms with Crippen LogP contribution in [0.3, 0.4) is 0 Å². The molecule has 0 heterocycles. The molecule has 0 radical (unpaired) electrons. The molecule has 5 nitrogen and oxygen atoms in total. The van der Waals surface area contributed by atoms with Crippen LogP contribution in [-0.2, 0) is 4.74 Å². The summed E-state index contributed by atoms with van der Waals surface area (Å²) in [6.45, 7) is 4.22. The number of unbranched alkanes of at least 4 members (excludes halogenated alkanes) is 1. The van der Waals surface area contributed by atoms with E-state index in [4.69, 9.17) is 14.9 Å². The molecule has 5 heteroatoms. The van der Waals surface area contributed by atoms with Crippen molar-refractivity contribution < 1.29 is 24.5 Å². The second kappa shape index (κ2) is 11.6. The van der Waals surface area contributed by atoms with E-state index in [0.29, 0.717) is 0 Å². The van der Waals surface area contributed by atoms with Crippen LogP contribution in [0.15, 0.2) is 24.3 Å². The SMILES string of the molecule is CCCCOCC1CCCCC1.O=C(O)c1ccccc1C(=O)O. The minimum absolute atomic E-state index is 0.190. The van der Waals surface area contributed by atoms with Crippen molar-refractivity contribution in [2.45, 2.75) is 51.9 Å². The number of ether oxygens (including phenoxy) is 1. The summed E-state index contributed by atoms with van der Waals surface area (Å²) in [7, 11) is 0. The molecule has 1 aliphatic carbocycles. The molecule has 0 unspecified atom stereocenters. The third-order valence-corrected chi connectivity index (χ3v) is 4.11. The number of hydrogen-bond donors (Lipinski definition) is 2. The number of aromatic carboxylic acids is 2. The van der Waals surface area contributed by atoms with Gasteiger partial charge in [-0.25, -0.2) is 9.59 Å². The Labute approximate surface area is 143 Å². The molecule has 0 bridgehead atoms. The Balaban J connectivity index is 0.000000240. The lowest BCUT2D eigenvalue weighted by Crippen LogP contribution is -2.13. The van der Waals surface area contributed by atoms with E-state index in [1.54, 1.807) is 0 Å². The molecule has 1 saturated carbocycles. The highest BCUT2D eigenvalue weighted by molar-refractivity contribution is 6.01. The third-order valence-electron chi connectivity index (χ3n) is 4.11. The average molecular weight is 336 g/mol. The maximum absolute atomic E-state index is 10.5. The normalized spacial score (nSPS) is 14.5. The lowest BCUT2D eigenvalue weighted by Gasteiger charge is -2.21. The van der Waals surface area contributed by atoms with Gasteiger partial charge >= 0.3 is 11.9 Å². The van der Waals surface area contributed by atoms with Crippen molar-refractivity contribution in [3.63, 3.8) is 0 Å². The molecule has 0 spiro atoms. The predicted octanol–water partition coefficient (Wildman–Crippen LogP) is 4.47. The average Bonchev–Trinajstić information content (AvgIpc) is 2.60. The Morgan fingerprint density at radius 3 is 2.04 bits per heavy atom. The van der Waals surface area contributed by atoms with Crippen molar-refractivity contribution in [2.24, 2.45) is 5.92 Å². The fourth-order valence-electron chi connectivity index (χ4n) is 2.71. The summed E-state index contributed by atoms with van der Waals surface area (Å²) in [5.74, 6) is -1.57. The standard InChI is InChI=1S/C11H22O.C8H6O4/c1-2-3-9-12-10-11-7-5-4-6-8-11;9-7(10)5-3-1-2-4-6(5)8(11)12/h11H,2-10H2,1H3;1-4H,(H,9,10)(H,11,12). The molecule has 1 fully saturated rings. The van der Waals surface area contributed by atoms with Gasteiger partial charge in [0.2, 0.25) is 0 Å². The van der Waals surface area contributed by atoms with Crippen LogP contribution in [0, 0.1) is 5.92 Å². The van der Waals surface area contributed by atoms with Gasteiger partial charge in [0.15, 0.2) is 0 Å². The van der Waals surface area contributed by atoms with Crippen molar-refractivity contribution in [1.82, 2.24) is 0 Å².